The van der Waals surface area contributed by atoms with Crippen LogP contribution in [0, 0.1) is 13.8 Å². The Bertz CT molecular complexity index is 772. The first-order valence-electron chi connectivity index (χ1n) is 9.01. The van der Waals surface area contributed by atoms with E-state index in [1.54, 1.807) is 0 Å². The zero-order valence-electron chi connectivity index (χ0n) is 15.5. The van der Waals surface area contributed by atoms with Crippen LogP contribution < -0.4 is 10.6 Å². The highest BCUT2D eigenvalue weighted by atomic mass is 32.2. The van der Waals surface area contributed by atoms with Gasteiger partial charge in [0.25, 0.3) is 0 Å². The standard InChI is InChI=1S/C21H26N2OS2/c1-14-8-9-15(2)19(12-14)16(3)22-21(24)23-18-7-4-6-17(13-18)20-25-10-5-11-26-20/h4,6-9,12-13,16,20H,5,10-11H2,1-3H3,(H2,22,23,24). The van der Waals surface area contributed by atoms with Crippen molar-refractivity contribution in [1.82, 2.24) is 5.32 Å². The van der Waals surface area contributed by atoms with Crippen LogP contribution in [0.25, 0.3) is 0 Å². The molecule has 26 heavy (non-hydrogen) atoms. The lowest BCUT2D eigenvalue weighted by Crippen LogP contribution is -2.31. The molecule has 0 saturated carbocycles. The van der Waals surface area contributed by atoms with Gasteiger partial charge in [-0.15, -0.1) is 23.5 Å². The molecule has 138 valence electrons. The molecule has 2 N–H and O–H groups in total. The number of hydrogen-bond acceptors (Lipinski definition) is 3. The first kappa shape index (κ1) is 19.2. The minimum atomic E-state index is -0.167. The number of thioether (sulfide) groups is 2. The molecule has 1 fully saturated rings. The zero-order valence-corrected chi connectivity index (χ0v) is 17.2. The fraction of sp³-hybridized carbons (Fsp3) is 0.381. The van der Waals surface area contributed by atoms with Crippen molar-refractivity contribution in [2.45, 2.75) is 37.8 Å². The van der Waals surface area contributed by atoms with Crippen LogP contribution in [0.4, 0.5) is 10.5 Å². The minimum Gasteiger partial charge on any atom is -0.331 e. The molecule has 5 heteroatoms. The predicted octanol–water partition coefficient (Wildman–Crippen LogP) is 6.05. The van der Waals surface area contributed by atoms with Crippen molar-refractivity contribution in [3.63, 3.8) is 0 Å². The highest BCUT2D eigenvalue weighted by Crippen LogP contribution is 2.44. The van der Waals surface area contributed by atoms with Gasteiger partial charge in [0, 0.05) is 5.69 Å². The van der Waals surface area contributed by atoms with Crippen LogP contribution in [-0.2, 0) is 0 Å². The van der Waals surface area contributed by atoms with E-state index in [9.17, 15) is 4.79 Å². The molecule has 0 spiro atoms. The Kier molecular flexibility index (Phi) is 6.54. The summed E-state index contributed by atoms with van der Waals surface area (Å²) < 4.78 is 0.474. The third-order valence-corrected chi connectivity index (χ3v) is 7.51. The maximum Gasteiger partial charge on any atom is 0.319 e. The van der Waals surface area contributed by atoms with Crippen LogP contribution in [-0.4, -0.2) is 17.5 Å². The van der Waals surface area contributed by atoms with Crippen molar-refractivity contribution in [2.24, 2.45) is 0 Å². The van der Waals surface area contributed by atoms with Crippen molar-refractivity contribution in [3.05, 3.63) is 64.7 Å². The molecular weight excluding hydrogens is 360 g/mol. The van der Waals surface area contributed by atoms with Crippen molar-refractivity contribution >= 4 is 35.2 Å². The molecule has 1 saturated heterocycles. The first-order chi connectivity index (χ1) is 12.5. The van der Waals surface area contributed by atoms with Gasteiger partial charge in [-0.1, -0.05) is 35.9 Å². The topological polar surface area (TPSA) is 41.1 Å². The second-order valence-electron chi connectivity index (χ2n) is 6.73. The predicted molar refractivity (Wildman–Crippen MR) is 115 cm³/mol. The molecule has 0 aliphatic carbocycles. The Hall–Kier alpha value is -1.59. The summed E-state index contributed by atoms with van der Waals surface area (Å²) in [6.45, 7) is 6.17. The van der Waals surface area contributed by atoms with Crippen LogP contribution in [0.5, 0.6) is 0 Å². The van der Waals surface area contributed by atoms with Gasteiger partial charge in [-0.05, 0) is 67.5 Å². The van der Waals surface area contributed by atoms with Gasteiger partial charge in [-0.25, -0.2) is 4.79 Å². The number of hydrogen-bond donors (Lipinski definition) is 2. The maximum absolute atomic E-state index is 12.4. The van der Waals surface area contributed by atoms with E-state index in [0.717, 1.165) is 11.3 Å². The Morgan fingerprint density at radius 3 is 2.65 bits per heavy atom. The molecule has 0 radical (unpaired) electrons. The molecule has 0 aromatic heterocycles. The fourth-order valence-corrected chi connectivity index (χ4v) is 5.98. The van der Waals surface area contributed by atoms with Gasteiger partial charge in [0.05, 0.1) is 10.6 Å². The molecule has 1 heterocycles. The second kappa shape index (κ2) is 8.87. The molecule has 1 unspecified atom stereocenters. The molecule has 2 aromatic carbocycles. The average molecular weight is 387 g/mol. The van der Waals surface area contributed by atoms with Crippen LogP contribution in [0.3, 0.4) is 0 Å². The van der Waals surface area contributed by atoms with Gasteiger partial charge in [-0.2, -0.15) is 0 Å². The third kappa shape index (κ3) is 4.98. The maximum atomic E-state index is 12.4. The second-order valence-corrected chi connectivity index (χ2v) is 9.46. The van der Waals surface area contributed by atoms with Crippen molar-refractivity contribution in [1.29, 1.82) is 0 Å². The van der Waals surface area contributed by atoms with Gasteiger partial charge in [0.15, 0.2) is 0 Å². The third-order valence-electron chi connectivity index (χ3n) is 4.49. The molecular formula is C21H26N2OS2. The highest BCUT2D eigenvalue weighted by Gasteiger charge is 2.17. The minimum absolute atomic E-state index is 0.0393. The van der Waals surface area contributed by atoms with Crippen molar-refractivity contribution in [3.8, 4) is 0 Å². The number of rotatable bonds is 4. The van der Waals surface area contributed by atoms with Crippen LogP contribution in [0.15, 0.2) is 42.5 Å². The smallest absolute Gasteiger partial charge is 0.319 e. The number of aryl methyl sites for hydroxylation is 2. The monoisotopic (exact) mass is 386 g/mol. The van der Waals surface area contributed by atoms with E-state index in [1.807, 2.05) is 42.6 Å². The summed E-state index contributed by atoms with van der Waals surface area (Å²) in [6, 6.07) is 14.3. The summed E-state index contributed by atoms with van der Waals surface area (Å²) in [6.07, 6.45) is 1.28. The number of carbonyl (C=O) groups is 1. The van der Waals surface area contributed by atoms with Gasteiger partial charge < -0.3 is 10.6 Å². The molecule has 3 nitrogen and oxygen atoms in total. The highest BCUT2D eigenvalue weighted by molar-refractivity contribution is 8.16. The quantitative estimate of drug-likeness (QED) is 0.671. The summed E-state index contributed by atoms with van der Waals surface area (Å²) >= 11 is 3.98. The summed E-state index contributed by atoms with van der Waals surface area (Å²) in [5.74, 6) is 2.42. The van der Waals surface area contributed by atoms with Gasteiger partial charge in [0.1, 0.15) is 0 Å². The largest absolute Gasteiger partial charge is 0.331 e. The number of amides is 2. The summed E-state index contributed by atoms with van der Waals surface area (Å²) in [5.41, 5.74) is 5.68. The zero-order chi connectivity index (χ0) is 18.5. The Balaban J connectivity index is 1.63. The van der Waals surface area contributed by atoms with Crippen molar-refractivity contribution in [2.75, 3.05) is 16.8 Å². The molecule has 1 aliphatic heterocycles. The summed E-state index contributed by atoms with van der Waals surface area (Å²) in [5, 5.41) is 6.04. The van der Waals surface area contributed by atoms with Gasteiger partial charge in [0.2, 0.25) is 0 Å². The number of benzene rings is 2. The van der Waals surface area contributed by atoms with Crippen molar-refractivity contribution < 1.29 is 4.79 Å². The normalized spacial score (nSPS) is 16.1. The Morgan fingerprint density at radius 1 is 1.12 bits per heavy atom. The van der Waals surface area contributed by atoms with E-state index in [4.69, 9.17) is 0 Å². The van der Waals surface area contributed by atoms with Gasteiger partial charge in [-0.3, -0.25) is 0 Å². The number of anilines is 1. The molecule has 2 amide bonds. The lowest BCUT2D eigenvalue weighted by atomic mass is 10.0. The van der Waals surface area contributed by atoms with Crippen LogP contribution >= 0.6 is 23.5 Å². The lowest BCUT2D eigenvalue weighted by Gasteiger charge is -2.22. The van der Waals surface area contributed by atoms with Crippen LogP contribution in [0.2, 0.25) is 0 Å². The lowest BCUT2D eigenvalue weighted by molar-refractivity contribution is 0.249. The first-order valence-corrected chi connectivity index (χ1v) is 11.1. The fourth-order valence-electron chi connectivity index (χ4n) is 3.11. The van der Waals surface area contributed by atoms with E-state index in [2.05, 4.69) is 54.8 Å². The number of carbonyl (C=O) groups excluding carboxylic acids is 1. The van der Waals surface area contributed by atoms with E-state index in [0.29, 0.717) is 4.58 Å². The van der Waals surface area contributed by atoms with E-state index in [1.165, 1.54) is 34.6 Å². The molecule has 3 rings (SSSR count). The van der Waals surface area contributed by atoms with E-state index >= 15 is 0 Å². The van der Waals surface area contributed by atoms with E-state index in [-0.39, 0.29) is 12.1 Å². The average Bonchev–Trinajstić information content (AvgIpc) is 2.64. The molecule has 1 atom stereocenters. The molecule has 1 aliphatic rings. The van der Waals surface area contributed by atoms with E-state index < -0.39 is 0 Å². The Morgan fingerprint density at radius 2 is 1.88 bits per heavy atom. The summed E-state index contributed by atoms with van der Waals surface area (Å²) in [4.78, 5) is 12.4. The SMILES string of the molecule is Cc1ccc(C)c(C(C)NC(=O)Nc2cccc(C3SCCCS3)c2)c1. The Labute approximate surface area is 164 Å². The molecule has 2 aromatic rings. The molecule has 0 bridgehead atoms. The van der Waals surface area contributed by atoms with Crippen LogP contribution in [0.1, 0.15) is 46.2 Å². The van der Waals surface area contributed by atoms with Gasteiger partial charge >= 0.3 is 6.03 Å². The number of nitrogens with one attached hydrogen (secondary N) is 2. The number of urea groups is 1. The summed E-state index contributed by atoms with van der Waals surface area (Å²) in [7, 11) is 0.